The summed E-state index contributed by atoms with van der Waals surface area (Å²) >= 11 is 0. The van der Waals surface area contributed by atoms with E-state index >= 15 is 0 Å². The summed E-state index contributed by atoms with van der Waals surface area (Å²) in [6.07, 6.45) is 1.60. The second-order valence-electron chi connectivity index (χ2n) is 2.43. The predicted molar refractivity (Wildman–Crippen MR) is 50.6 cm³/mol. The Morgan fingerprint density at radius 2 is 2.31 bits per heavy atom. The van der Waals surface area contributed by atoms with Crippen molar-refractivity contribution < 1.29 is 5.11 Å². The maximum Gasteiger partial charge on any atom is 0.157 e. The van der Waals surface area contributed by atoms with Gasteiger partial charge in [0.2, 0.25) is 0 Å². The number of nitrogens with two attached hydrogens (primary N) is 1. The van der Waals surface area contributed by atoms with Gasteiger partial charge in [0.15, 0.2) is 5.65 Å². The number of hydrogen-bond acceptors (Lipinski definition) is 4. The van der Waals surface area contributed by atoms with Gasteiger partial charge in [0, 0.05) is 12.3 Å². The summed E-state index contributed by atoms with van der Waals surface area (Å²) in [6.45, 7) is -0.0944. The lowest BCUT2D eigenvalue weighted by Gasteiger charge is -1.94. The summed E-state index contributed by atoms with van der Waals surface area (Å²) in [5.41, 5.74) is 6.82. The van der Waals surface area contributed by atoms with Crippen LogP contribution in [0.2, 0.25) is 0 Å². The van der Waals surface area contributed by atoms with E-state index in [2.05, 4.69) is 10.1 Å². The molecule has 13 heavy (non-hydrogen) atoms. The summed E-state index contributed by atoms with van der Waals surface area (Å²) in [5.74, 6) is 0.514. The fourth-order valence-corrected chi connectivity index (χ4v) is 1.04. The van der Waals surface area contributed by atoms with E-state index in [1.807, 2.05) is 0 Å². The lowest BCUT2D eigenvalue weighted by Crippen LogP contribution is -1.99. The number of aliphatic hydroxyl groups excluding tert-OH is 1. The number of nitrogens with zero attached hydrogens (tertiary/aromatic N) is 3. The first-order chi connectivity index (χ1) is 5.81. The Hall–Kier alpha value is -1.33. The van der Waals surface area contributed by atoms with Crippen LogP contribution in [0.15, 0.2) is 18.3 Å². The van der Waals surface area contributed by atoms with E-state index in [4.69, 9.17) is 10.8 Å². The minimum atomic E-state index is -0.0944. The molecule has 0 fully saturated rings. The van der Waals surface area contributed by atoms with E-state index in [0.717, 1.165) is 0 Å². The molecule has 0 bridgehead atoms. The first-order valence-corrected chi connectivity index (χ1v) is 3.51. The molecule has 2 aromatic rings. The van der Waals surface area contributed by atoms with Crippen LogP contribution in [0, 0.1) is 0 Å². The summed E-state index contributed by atoms with van der Waals surface area (Å²) < 4.78 is 1.49. The minimum absolute atomic E-state index is 0. The Kier molecular flexibility index (Phi) is 2.69. The van der Waals surface area contributed by atoms with Gasteiger partial charge < -0.3 is 10.8 Å². The average molecular weight is 201 g/mol. The van der Waals surface area contributed by atoms with Crippen LogP contribution in [0.5, 0.6) is 0 Å². The topological polar surface area (TPSA) is 76.4 Å². The molecular weight excluding hydrogens is 192 g/mol. The average Bonchev–Trinajstić information content (AvgIpc) is 2.49. The highest BCUT2D eigenvalue weighted by atomic mass is 35.5. The minimum Gasteiger partial charge on any atom is -0.390 e. The molecule has 0 saturated carbocycles. The monoisotopic (exact) mass is 200 g/mol. The van der Waals surface area contributed by atoms with E-state index in [9.17, 15) is 0 Å². The Morgan fingerprint density at radius 3 is 2.92 bits per heavy atom. The molecule has 3 N–H and O–H groups in total. The maximum atomic E-state index is 8.79. The van der Waals surface area contributed by atoms with Crippen molar-refractivity contribution in [3.63, 3.8) is 0 Å². The first kappa shape index (κ1) is 9.76. The molecule has 0 atom stereocenters. The second kappa shape index (κ2) is 3.59. The highest BCUT2D eigenvalue weighted by Gasteiger charge is 2.02. The third-order valence-electron chi connectivity index (χ3n) is 1.60. The number of nitrogen functional groups attached to an aromatic ring is 1. The van der Waals surface area contributed by atoms with Crippen molar-refractivity contribution in [3.8, 4) is 0 Å². The first-order valence-electron chi connectivity index (χ1n) is 3.51. The predicted octanol–water partition coefficient (Wildman–Crippen LogP) is 0.226. The van der Waals surface area contributed by atoms with Crippen molar-refractivity contribution >= 4 is 23.9 Å². The van der Waals surface area contributed by atoms with Gasteiger partial charge in [-0.3, -0.25) is 0 Å². The standard InChI is InChI=1S/C7H8N4O.ClH/c8-6-1-2-9-7-3-5(4-12)10-11(6)7;/h1-3,12H,4,8H2;1H. The summed E-state index contributed by atoms with van der Waals surface area (Å²) in [4.78, 5) is 4.02. The van der Waals surface area contributed by atoms with Crippen LogP contribution >= 0.6 is 12.4 Å². The quantitative estimate of drug-likeness (QED) is 0.691. The molecule has 2 aromatic heterocycles. The maximum absolute atomic E-state index is 8.79. The Labute approximate surface area is 80.6 Å². The van der Waals surface area contributed by atoms with E-state index in [0.29, 0.717) is 17.2 Å². The van der Waals surface area contributed by atoms with Gasteiger partial charge in [-0.15, -0.1) is 12.4 Å². The number of aliphatic hydroxyl groups is 1. The normalized spacial score (nSPS) is 9.92. The summed E-state index contributed by atoms with van der Waals surface area (Å²) in [7, 11) is 0. The van der Waals surface area contributed by atoms with Crippen molar-refractivity contribution in [3.05, 3.63) is 24.0 Å². The van der Waals surface area contributed by atoms with Crippen molar-refractivity contribution in [1.29, 1.82) is 0 Å². The van der Waals surface area contributed by atoms with E-state index in [1.165, 1.54) is 4.52 Å². The fourth-order valence-electron chi connectivity index (χ4n) is 1.04. The molecule has 0 aliphatic carbocycles. The number of halogens is 1. The van der Waals surface area contributed by atoms with Gasteiger partial charge in [0.05, 0.1) is 12.3 Å². The highest BCUT2D eigenvalue weighted by Crippen LogP contribution is 2.07. The van der Waals surface area contributed by atoms with Crippen LogP contribution in [0.3, 0.4) is 0 Å². The van der Waals surface area contributed by atoms with Gasteiger partial charge in [-0.1, -0.05) is 0 Å². The molecule has 5 nitrogen and oxygen atoms in total. The van der Waals surface area contributed by atoms with Crippen LogP contribution in [0.4, 0.5) is 5.82 Å². The molecular formula is C7H9ClN4O. The van der Waals surface area contributed by atoms with Crippen LogP contribution in [0.1, 0.15) is 5.69 Å². The SMILES string of the molecule is Cl.Nc1ccnc2cc(CO)nn12. The molecule has 70 valence electrons. The molecule has 0 radical (unpaired) electrons. The second-order valence-corrected chi connectivity index (χ2v) is 2.43. The molecule has 0 aromatic carbocycles. The van der Waals surface area contributed by atoms with Gasteiger partial charge in [-0.2, -0.15) is 9.61 Å². The van der Waals surface area contributed by atoms with Crippen molar-refractivity contribution in [2.45, 2.75) is 6.61 Å². The molecule has 0 aliphatic rings. The Bertz CT molecular complexity index is 414. The van der Waals surface area contributed by atoms with Crippen molar-refractivity contribution in [2.75, 3.05) is 5.73 Å². The molecule has 2 rings (SSSR count). The smallest absolute Gasteiger partial charge is 0.157 e. The van der Waals surface area contributed by atoms with Crippen LogP contribution in [-0.2, 0) is 6.61 Å². The molecule has 0 saturated heterocycles. The van der Waals surface area contributed by atoms with Crippen LogP contribution in [0.25, 0.3) is 5.65 Å². The molecule has 0 aliphatic heterocycles. The number of rotatable bonds is 1. The molecule has 2 heterocycles. The van der Waals surface area contributed by atoms with Crippen LogP contribution in [-0.4, -0.2) is 19.7 Å². The molecule has 0 unspecified atom stereocenters. The number of fused-ring (bicyclic) bond motifs is 1. The van der Waals surface area contributed by atoms with Gasteiger partial charge >= 0.3 is 0 Å². The van der Waals surface area contributed by atoms with E-state index < -0.39 is 0 Å². The largest absolute Gasteiger partial charge is 0.390 e. The third-order valence-corrected chi connectivity index (χ3v) is 1.60. The third kappa shape index (κ3) is 1.56. The zero-order valence-electron chi connectivity index (χ0n) is 6.71. The van der Waals surface area contributed by atoms with Gasteiger partial charge in [-0.05, 0) is 6.07 Å². The Morgan fingerprint density at radius 1 is 1.54 bits per heavy atom. The fraction of sp³-hybridized carbons (Fsp3) is 0.143. The lowest BCUT2D eigenvalue weighted by atomic mass is 10.4. The van der Waals surface area contributed by atoms with E-state index in [-0.39, 0.29) is 19.0 Å². The number of aromatic nitrogens is 3. The summed E-state index contributed by atoms with van der Waals surface area (Å²) in [5, 5.41) is 12.8. The van der Waals surface area contributed by atoms with Gasteiger partial charge in [-0.25, -0.2) is 4.98 Å². The summed E-state index contributed by atoms with van der Waals surface area (Å²) in [6, 6.07) is 3.34. The molecule has 6 heteroatoms. The van der Waals surface area contributed by atoms with Gasteiger partial charge in [0.25, 0.3) is 0 Å². The molecule has 0 spiro atoms. The van der Waals surface area contributed by atoms with E-state index in [1.54, 1.807) is 18.3 Å². The van der Waals surface area contributed by atoms with Crippen molar-refractivity contribution in [1.82, 2.24) is 14.6 Å². The number of hydrogen-bond donors (Lipinski definition) is 2. The highest BCUT2D eigenvalue weighted by molar-refractivity contribution is 5.85. The Balaban J connectivity index is 0.000000845. The lowest BCUT2D eigenvalue weighted by molar-refractivity contribution is 0.276. The zero-order valence-corrected chi connectivity index (χ0v) is 7.53. The zero-order chi connectivity index (χ0) is 8.55. The van der Waals surface area contributed by atoms with Gasteiger partial charge in [0.1, 0.15) is 5.82 Å². The molecule has 0 amide bonds. The number of anilines is 1. The van der Waals surface area contributed by atoms with Crippen molar-refractivity contribution in [2.24, 2.45) is 0 Å². The van der Waals surface area contributed by atoms with Crippen LogP contribution < -0.4 is 5.73 Å².